The molecule has 0 atom stereocenters. The van der Waals surface area contributed by atoms with Crippen molar-refractivity contribution in [3.05, 3.63) is 42.0 Å². The summed E-state index contributed by atoms with van der Waals surface area (Å²) in [7, 11) is 0. The van der Waals surface area contributed by atoms with Gasteiger partial charge in [0.25, 0.3) is 0 Å². The van der Waals surface area contributed by atoms with Crippen LogP contribution in [0.5, 0.6) is 0 Å². The lowest BCUT2D eigenvalue weighted by Gasteiger charge is -2.08. The number of esters is 1. The zero-order valence-corrected chi connectivity index (χ0v) is 11.7. The summed E-state index contributed by atoms with van der Waals surface area (Å²) in [5.41, 5.74) is 11.7. The number of benzene rings is 1. The van der Waals surface area contributed by atoms with Crippen molar-refractivity contribution in [2.75, 3.05) is 11.5 Å². The summed E-state index contributed by atoms with van der Waals surface area (Å²) in [5.74, 6) is -0.521. The van der Waals surface area contributed by atoms with E-state index in [9.17, 15) is 4.79 Å². The number of nitrogen functional groups attached to an aromatic ring is 2. The number of rotatable bonds is 4. The van der Waals surface area contributed by atoms with E-state index in [0.717, 1.165) is 0 Å². The molecule has 0 spiro atoms. The molecule has 3 aromatic rings. The van der Waals surface area contributed by atoms with Crippen LogP contribution in [0, 0.1) is 0 Å². The maximum absolute atomic E-state index is 12.3. The lowest BCUT2D eigenvalue weighted by Crippen LogP contribution is -2.13. The summed E-state index contributed by atoms with van der Waals surface area (Å²) in [6.07, 6.45) is 1.37. The summed E-state index contributed by atoms with van der Waals surface area (Å²) < 4.78 is 6.53. The predicted molar refractivity (Wildman–Crippen MR) is 76.9 cm³/mol. The number of aromatic nitrogens is 7. The second-order valence-corrected chi connectivity index (χ2v) is 4.32. The second kappa shape index (κ2) is 6.01. The molecule has 0 aliphatic heterocycles. The van der Waals surface area contributed by atoms with Gasteiger partial charge in [-0.1, -0.05) is 12.1 Å². The minimum absolute atomic E-state index is 0.0439. The molecule has 0 unspecified atom stereocenters. The van der Waals surface area contributed by atoms with Crippen LogP contribution in [0.25, 0.3) is 5.69 Å². The number of hydrogen-bond donors (Lipinski definition) is 2. The van der Waals surface area contributed by atoms with Crippen LogP contribution < -0.4 is 11.5 Å². The molecule has 4 N–H and O–H groups in total. The Labute approximate surface area is 129 Å². The monoisotopic (exact) mass is 313 g/mol. The van der Waals surface area contributed by atoms with Gasteiger partial charge in [-0.3, -0.25) is 0 Å². The third-order valence-corrected chi connectivity index (χ3v) is 2.77. The smallest absolute Gasteiger partial charge is 0.340 e. The first-order valence-electron chi connectivity index (χ1n) is 6.39. The molecule has 0 bridgehead atoms. The van der Waals surface area contributed by atoms with Crippen LogP contribution in [0.15, 0.2) is 30.6 Å². The highest BCUT2D eigenvalue weighted by molar-refractivity contribution is 5.93. The number of ether oxygens (including phenoxy) is 1. The molecule has 3 rings (SSSR count). The maximum atomic E-state index is 12.3. The van der Waals surface area contributed by atoms with Crippen LogP contribution in [0.1, 0.15) is 16.2 Å². The predicted octanol–water partition coefficient (Wildman–Crippen LogP) is -0.631. The SMILES string of the molecule is Nc1nc(N)nc(COC(=O)c2ccccc2-n2cnnn2)n1. The Morgan fingerprint density at radius 3 is 2.57 bits per heavy atom. The molecule has 1 aromatic carbocycles. The fourth-order valence-corrected chi connectivity index (χ4v) is 1.85. The Kier molecular flexibility index (Phi) is 3.74. The fourth-order valence-electron chi connectivity index (χ4n) is 1.85. The number of carbonyl (C=O) groups excluding carboxylic acids is 1. The number of carbonyl (C=O) groups is 1. The Balaban J connectivity index is 1.79. The zero-order chi connectivity index (χ0) is 16.2. The highest BCUT2D eigenvalue weighted by atomic mass is 16.5. The van der Waals surface area contributed by atoms with E-state index in [4.69, 9.17) is 16.2 Å². The third-order valence-electron chi connectivity index (χ3n) is 2.77. The molecule has 0 aliphatic carbocycles. The standard InChI is InChI=1S/C12H11N9O2/c13-11-16-9(17-12(14)18-11)5-23-10(22)7-3-1-2-4-8(7)21-6-15-19-20-21/h1-4,6H,5H2,(H4,13,14,16,17,18). The number of tetrazole rings is 1. The minimum atomic E-state index is -0.589. The number of hydrogen-bond acceptors (Lipinski definition) is 10. The zero-order valence-electron chi connectivity index (χ0n) is 11.7. The molecule has 0 saturated heterocycles. The molecule has 23 heavy (non-hydrogen) atoms. The number of nitrogens with two attached hydrogens (primary N) is 2. The molecule has 0 amide bonds. The molecule has 0 radical (unpaired) electrons. The van der Waals surface area contributed by atoms with E-state index < -0.39 is 5.97 Å². The van der Waals surface area contributed by atoms with Gasteiger partial charge in [0.15, 0.2) is 12.4 Å². The Hall–Kier alpha value is -3.63. The molecule has 2 aromatic heterocycles. The van der Waals surface area contributed by atoms with Crippen molar-refractivity contribution < 1.29 is 9.53 Å². The van der Waals surface area contributed by atoms with Gasteiger partial charge in [-0.2, -0.15) is 19.6 Å². The van der Waals surface area contributed by atoms with Crippen molar-refractivity contribution in [3.63, 3.8) is 0 Å². The van der Waals surface area contributed by atoms with Crippen LogP contribution in [-0.2, 0) is 11.3 Å². The molecule has 11 heteroatoms. The number of nitrogens with zero attached hydrogens (tertiary/aromatic N) is 7. The summed E-state index contributed by atoms with van der Waals surface area (Å²) >= 11 is 0. The maximum Gasteiger partial charge on any atom is 0.340 e. The van der Waals surface area contributed by atoms with Gasteiger partial charge in [-0.15, -0.1) is 5.10 Å². The van der Waals surface area contributed by atoms with Gasteiger partial charge in [0.05, 0.1) is 11.3 Å². The van der Waals surface area contributed by atoms with Gasteiger partial charge in [-0.25, -0.2) is 4.79 Å². The highest BCUT2D eigenvalue weighted by Gasteiger charge is 2.15. The summed E-state index contributed by atoms with van der Waals surface area (Å²) in [4.78, 5) is 23.6. The quantitative estimate of drug-likeness (QED) is 0.593. The van der Waals surface area contributed by atoms with Crippen molar-refractivity contribution in [1.82, 2.24) is 35.2 Å². The average molecular weight is 313 g/mol. The van der Waals surface area contributed by atoms with Crippen molar-refractivity contribution in [2.24, 2.45) is 0 Å². The third kappa shape index (κ3) is 3.18. The first kappa shape index (κ1) is 14.3. The van der Waals surface area contributed by atoms with Gasteiger partial charge < -0.3 is 16.2 Å². The molecule has 2 heterocycles. The van der Waals surface area contributed by atoms with Crippen LogP contribution >= 0.6 is 0 Å². The molecule has 0 aliphatic rings. The highest BCUT2D eigenvalue weighted by Crippen LogP contribution is 2.14. The van der Waals surface area contributed by atoms with E-state index in [1.54, 1.807) is 24.3 Å². The Morgan fingerprint density at radius 1 is 1.13 bits per heavy atom. The Morgan fingerprint density at radius 2 is 1.87 bits per heavy atom. The van der Waals surface area contributed by atoms with Crippen LogP contribution in [0.3, 0.4) is 0 Å². The topological polar surface area (TPSA) is 161 Å². The Bertz CT molecular complexity index is 814. The van der Waals surface area contributed by atoms with E-state index in [2.05, 4.69) is 30.5 Å². The first-order chi connectivity index (χ1) is 11.1. The van der Waals surface area contributed by atoms with Crippen LogP contribution in [-0.4, -0.2) is 41.1 Å². The van der Waals surface area contributed by atoms with Crippen molar-refractivity contribution in [1.29, 1.82) is 0 Å². The normalized spacial score (nSPS) is 10.4. The van der Waals surface area contributed by atoms with E-state index in [1.165, 1.54) is 11.0 Å². The molecule has 0 saturated carbocycles. The van der Waals surface area contributed by atoms with Crippen molar-refractivity contribution in [2.45, 2.75) is 6.61 Å². The van der Waals surface area contributed by atoms with E-state index >= 15 is 0 Å². The van der Waals surface area contributed by atoms with Gasteiger partial charge >= 0.3 is 5.97 Å². The van der Waals surface area contributed by atoms with E-state index in [1.807, 2.05) is 0 Å². The molecule has 0 fully saturated rings. The van der Waals surface area contributed by atoms with E-state index in [0.29, 0.717) is 5.69 Å². The summed E-state index contributed by atoms with van der Waals surface area (Å²) in [5, 5.41) is 10.8. The number of anilines is 2. The second-order valence-electron chi connectivity index (χ2n) is 4.32. The lowest BCUT2D eigenvalue weighted by molar-refractivity contribution is 0.0462. The first-order valence-corrected chi connectivity index (χ1v) is 6.39. The largest absolute Gasteiger partial charge is 0.454 e. The van der Waals surface area contributed by atoms with Gasteiger partial charge in [0.1, 0.15) is 6.33 Å². The van der Waals surface area contributed by atoms with Crippen LogP contribution in [0.2, 0.25) is 0 Å². The van der Waals surface area contributed by atoms with Crippen LogP contribution in [0.4, 0.5) is 11.9 Å². The number of para-hydroxylation sites is 1. The molecular formula is C12H11N9O2. The summed E-state index contributed by atoms with van der Waals surface area (Å²) in [6.45, 7) is -0.195. The molecule has 11 nitrogen and oxygen atoms in total. The van der Waals surface area contributed by atoms with Crippen molar-refractivity contribution in [3.8, 4) is 5.69 Å². The lowest BCUT2D eigenvalue weighted by atomic mass is 10.2. The molecular weight excluding hydrogens is 302 g/mol. The average Bonchev–Trinajstić information content (AvgIpc) is 3.06. The van der Waals surface area contributed by atoms with Gasteiger partial charge in [0, 0.05) is 0 Å². The van der Waals surface area contributed by atoms with Crippen molar-refractivity contribution >= 4 is 17.9 Å². The molecule has 116 valence electrons. The minimum Gasteiger partial charge on any atom is -0.454 e. The summed E-state index contributed by atoms with van der Waals surface area (Å²) in [6, 6.07) is 6.73. The fraction of sp³-hybridized carbons (Fsp3) is 0.0833. The van der Waals surface area contributed by atoms with E-state index in [-0.39, 0.29) is 29.9 Å². The van der Waals surface area contributed by atoms with Gasteiger partial charge in [0.2, 0.25) is 11.9 Å². The van der Waals surface area contributed by atoms with Gasteiger partial charge in [-0.05, 0) is 22.6 Å².